The Bertz CT molecular complexity index is 460. The van der Waals surface area contributed by atoms with Crippen LogP contribution in [0.5, 0.6) is 0 Å². The molecule has 0 aliphatic rings. The van der Waals surface area contributed by atoms with Crippen LogP contribution in [0, 0.1) is 6.92 Å². The summed E-state index contributed by atoms with van der Waals surface area (Å²) in [6.45, 7) is 2.37. The smallest absolute Gasteiger partial charge is 0.208 e. The predicted octanol–water partition coefficient (Wildman–Crippen LogP) is 2.29. The quantitative estimate of drug-likeness (QED) is 0.664. The highest BCUT2D eigenvalue weighted by Crippen LogP contribution is 2.23. The van der Waals surface area contributed by atoms with Crippen molar-refractivity contribution in [3.8, 4) is 0 Å². The number of aryl methyl sites for hydroxylation is 1. The summed E-state index contributed by atoms with van der Waals surface area (Å²) in [5.41, 5.74) is 1.04. The zero-order valence-corrected chi connectivity index (χ0v) is 11.5. The summed E-state index contributed by atoms with van der Waals surface area (Å²) in [5.74, 6) is 0.687. The van der Waals surface area contributed by atoms with E-state index in [-0.39, 0.29) is 0 Å². The highest BCUT2D eigenvalue weighted by Gasteiger charge is 2.01. The van der Waals surface area contributed by atoms with Crippen molar-refractivity contribution in [2.45, 2.75) is 11.8 Å². The SMILES string of the molecule is Cc1ccc(SCCNS(C)(=O)=O)cc1Cl. The maximum Gasteiger partial charge on any atom is 0.208 e. The van der Waals surface area contributed by atoms with E-state index in [0.717, 1.165) is 21.7 Å². The van der Waals surface area contributed by atoms with Crippen molar-refractivity contribution in [3.05, 3.63) is 28.8 Å². The summed E-state index contributed by atoms with van der Waals surface area (Å²) in [4.78, 5) is 1.05. The standard InChI is InChI=1S/C10H14ClNO2S2/c1-8-3-4-9(7-10(8)11)15-6-5-12-16(2,13)14/h3-4,7,12H,5-6H2,1-2H3. The third-order valence-electron chi connectivity index (χ3n) is 1.88. The maximum atomic E-state index is 10.8. The zero-order chi connectivity index (χ0) is 12.2. The summed E-state index contributed by atoms with van der Waals surface area (Å²) in [7, 11) is -3.08. The Kier molecular flexibility index (Phi) is 5.11. The molecular weight excluding hydrogens is 266 g/mol. The second-order valence-electron chi connectivity index (χ2n) is 3.43. The van der Waals surface area contributed by atoms with E-state index in [4.69, 9.17) is 11.6 Å². The van der Waals surface area contributed by atoms with Crippen molar-refractivity contribution in [1.29, 1.82) is 0 Å². The molecule has 0 fully saturated rings. The van der Waals surface area contributed by atoms with Crippen molar-refractivity contribution in [1.82, 2.24) is 4.72 Å². The summed E-state index contributed by atoms with van der Waals surface area (Å²) >= 11 is 7.55. The number of benzene rings is 1. The second-order valence-corrected chi connectivity index (χ2v) is 6.83. The lowest BCUT2D eigenvalue weighted by atomic mass is 10.2. The first-order chi connectivity index (χ1) is 7.38. The molecule has 0 saturated carbocycles. The molecule has 16 heavy (non-hydrogen) atoms. The summed E-state index contributed by atoms with van der Waals surface area (Å²) in [6.07, 6.45) is 1.15. The molecule has 1 N–H and O–H groups in total. The largest absolute Gasteiger partial charge is 0.215 e. The van der Waals surface area contributed by atoms with Gasteiger partial charge in [-0.05, 0) is 24.6 Å². The van der Waals surface area contributed by atoms with E-state index >= 15 is 0 Å². The lowest BCUT2D eigenvalue weighted by molar-refractivity contribution is 0.590. The highest BCUT2D eigenvalue weighted by atomic mass is 35.5. The van der Waals surface area contributed by atoms with Crippen LogP contribution in [-0.4, -0.2) is 27.0 Å². The van der Waals surface area contributed by atoms with Crippen molar-refractivity contribution < 1.29 is 8.42 Å². The Morgan fingerprint density at radius 3 is 2.69 bits per heavy atom. The van der Waals surface area contributed by atoms with E-state index in [1.807, 2.05) is 25.1 Å². The second kappa shape index (κ2) is 5.91. The summed E-state index contributed by atoms with van der Waals surface area (Å²) in [6, 6.07) is 5.82. The molecule has 0 radical (unpaired) electrons. The maximum absolute atomic E-state index is 10.8. The van der Waals surface area contributed by atoms with Gasteiger partial charge in [0.15, 0.2) is 0 Å². The minimum absolute atomic E-state index is 0.426. The molecule has 0 aliphatic heterocycles. The first-order valence-electron chi connectivity index (χ1n) is 4.72. The molecule has 90 valence electrons. The number of hydrogen-bond donors (Lipinski definition) is 1. The predicted molar refractivity (Wildman–Crippen MR) is 69.8 cm³/mol. The molecule has 0 bridgehead atoms. The van der Waals surface area contributed by atoms with Gasteiger partial charge < -0.3 is 0 Å². The lowest BCUT2D eigenvalue weighted by Gasteiger charge is -2.04. The van der Waals surface area contributed by atoms with E-state index in [2.05, 4.69) is 4.72 Å². The minimum atomic E-state index is -3.08. The fourth-order valence-corrected chi connectivity index (χ4v) is 2.71. The fraction of sp³-hybridized carbons (Fsp3) is 0.400. The highest BCUT2D eigenvalue weighted by molar-refractivity contribution is 7.99. The van der Waals surface area contributed by atoms with Gasteiger partial charge in [-0.2, -0.15) is 0 Å². The van der Waals surface area contributed by atoms with Gasteiger partial charge in [0, 0.05) is 22.2 Å². The van der Waals surface area contributed by atoms with Gasteiger partial charge in [0.1, 0.15) is 0 Å². The van der Waals surface area contributed by atoms with Crippen LogP contribution in [0.4, 0.5) is 0 Å². The van der Waals surface area contributed by atoms with E-state index in [1.54, 1.807) is 11.8 Å². The van der Waals surface area contributed by atoms with Gasteiger partial charge in [-0.15, -0.1) is 11.8 Å². The third kappa shape index (κ3) is 5.21. The van der Waals surface area contributed by atoms with E-state index in [1.165, 1.54) is 0 Å². The normalized spacial score (nSPS) is 11.7. The van der Waals surface area contributed by atoms with Crippen LogP contribution in [0.15, 0.2) is 23.1 Å². The van der Waals surface area contributed by atoms with E-state index in [0.29, 0.717) is 12.3 Å². The van der Waals surface area contributed by atoms with Crippen LogP contribution in [0.3, 0.4) is 0 Å². The molecule has 0 saturated heterocycles. The Balaban J connectivity index is 2.41. The van der Waals surface area contributed by atoms with Gasteiger partial charge in [-0.3, -0.25) is 0 Å². The van der Waals surface area contributed by atoms with Crippen molar-refractivity contribution >= 4 is 33.4 Å². The van der Waals surface area contributed by atoms with Gasteiger partial charge in [0.05, 0.1) is 6.26 Å². The number of rotatable bonds is 5. The Labute approximate surface area is 106 Å². The molecule has 1 aromatic carbocycles. The van der Waals surface area contributed by atoms with Gasteiger partial charge in [-0.1, -0.05) is 17.7 Å². The van der Waals surface area contributed by atoms with Gasteiger partial charge in [0.25, 0.3) is 0 Å². The molecule has 1 aromatic rings. The minimum Gasteiger partial charge on any atom is -0.215 e. The Morgan fingerprint density at radius 1 is 1.44 bits per heavy atom. The molecule has 0 aromatic heterocycles. The number of sulfonamides is 1. The monoisotopic (exact) mass is 279 g/mol. The topological polar surface area (TPSA) is 46.2 Å². The molecule has 1 rings (SSSR count). The molecule has 6 heteroatoms. The van der Waals surface area contributed by atoms with Crippen LogP contribution in [0.25, 0.3) is 0 Å². The lowest BCUT2D eigenvalue weighted by Crippen LogP contribution is -2.24. The number of halogens is 1. The van der Waals surface area contributed by atoms with Crippen molar-refractivity contribution in [2.75, 3.05) is 18.6 Å². The van der Waals surface area contributed by atoms with Crippen molar-refractivity contribution in [3.63, 3.8) is 0 Å². The van der Waals surface area contributed by atoms with Gasteiger partial charge in [-0.25, -0.2) is 13.1 Å². The van der Waals surface area contributed by atoms with Crippen LogP contribution < -0.4 is 4.72 Å². The van der Waals surface area contributed by atoms with E-state index in [9.17, 15) is 8.42 Å². The first kappa shape index (κ1) is 13.8. The third-order valence-corrected chi connectivity index (χ3v) is 4.01. The number of hydrogen-bond acceptors (Lipinski definition) is 3. The van der Waals surface area contributed by atoms with E-state index < -0.39 is 10.0 Å². The number of nitrogens with one attached hydrogen (secondary N) is 1. The molecule has 0 heterocycles. The van der Waals surface area contributed by atoms with Gasteiger partial charge >= 0.3 is 0 Å². The van der Waals surface area contributed by atoms with Crippen LogP contribution in [-0.2, 0) is 10.0 Å². The van der Waals surface area contributed by atoms with Crippen LogP contribution in [0.2, 0.25) is 5.02 Å². The van der Waals surface area contributed by atoms with Gasteiger partial charge in [0.2, 0.25) is 10.0 Å². The first-order valence-corrected chi connectivity index (χ1v) is 7.97. The Hall–Kier alpha value is -0.230. The summed E-state index contributed by atoms with van der Waals surface area (Å²) in [5, 5.41) is 0.737. The average Bonchev–Trinajstić information content (AvgIpc) is 2.17. The molecule has 0 atom stereocenters. The van der Waals surface area contributed by atoms with Crippen molar-refractivity contribution in [2.24, 2.45) is 0 Å². The molecule has 0 aliphatic carbocycles. The molecule has 3 nitrogen and oxygen atoms in total. The van der Waals surface area contributed by atoms with Crippen LogP contribution in [0.1, 0.15) is 5.56 Å². The fourth-order valence-electron chi connectivity index (χ4n) is 1.06. The molecule has 0 unspecified atom stereocenters. The Morgan fingerprint density at radius 2 is 2.12 bits per heavy atom. The summed E-state index contributed by atoms with van der Waals surface area (Å²) < 4.78 is 24.0. The average molecular weight is 280 g/mol. The molecular formula is C10H14ClNO2S2. The molecule has 0 amide bonds. The number of thioether (sulfide) groups is 1. The zero-order valence-electron chi connectivity index (χ0n) is 9.16. The molecule has 0 spiro atoms. The van der Waals surface area contributed by atoms with Crippen LogP contribution >= 0.6 is 23.4 Å².